The van der Waals surface area contributed by atoms with Gasteiger partial charge in [0.25, 0.3) is 5.91 Å². The van der Waals surface area contributed by atoms with Gasteiger partial charge in [0.2, 0.25) is 0 Å². The fraction of sp³-hybridized carbons (Fsp3) is 0.364. The van der Waals surface area contributed by atoms with Crippen LogP contribution in [-0.2, 0) is 4.79 Å². The summed E-state index contributed by atoms with van der Waals surface area (Å²) in [5.74, 6) is 1.26. The van der Waals surface area contributed by atoms with Crippen molar-refractivity contribution >= 4 is 48.5 Å². The van der Waals surface area contributed by atoms with Gasteiger partial charge in [0, 0.05) is 17.6 Å². The molecule has 0 unspecified atom stereocenters. The van der Waals surface area contributed by atoms with E-state index in [4.69, 9.17) is 14.5 Å². The third-order valence-electron chi connectivity index (χ3n) is 4.83. The summed E-state index contributed by atoms with van der Waals surface area (Å²) < 4.78 is 12.9. The molecular weight excluding hydrogens is 466 g/mol. The van der Waals surface area contributed by atoms with Gasteiger partial charge in [-0.2, -0.15) is 0 Å². The van der Waals surface area contributed by atoms with E-state index in [9.17, 15) is 4.79 Å². The summed E-state index contributed by atoms with van der Waals surface area (Å²) in [5.41, 5.74) is 0.884. The lowest BCUT2D eigenvalue weighted by molar-refractivity contribution is -0.120. The van der Waals surface area contributed by atoms with Gasteiger partial charge in [0.05, 0.1) is 17.3 Å². The number of carbonyl (C=O) groups excluding carboxylic acids is 1. The highest BCUT2D eigenvalue weighted by Gasteiger charge is 2.21. The first-order valence-electron chi connectivity index (χ1n) is 9.89. The Morgan fingerprint density at radius 3 is 2.43 bits per heavy atom. The zero-order valence-electron chi connectivity index (χ0n) is 17.4. The molecule has 0 N–H and O–H groups in total. The zero-order chi connectivity index (χ0) is 21.5. The van der Waals surface area contributed by atoms with Crippen LogP contribution in [0.15, 0.2) is 46.9 Å². The molecule has 1 aromatic heterocycles. The molecule has 6 nitrogen and oxygen atoms in total. The molecule has 0 radical (unpaired) electrons. The van der Waals surface area contributed by atoms with Gasteiger partial charge in [-0.15, -0.1) is 0 Å². The Morgan fingerprint density at radius 2 is 1.77 bits per heavy atom. The van der Waals surface area contributed by atoms with E-state index in [1.54, 1.807) is 24.1 Å². The van der Waals surface area contributed by atoms with Gasteiger partial charge in [-0.25, -0.2) is 4.98 Å². The molecule has 3 aromatic rings. The number of likely N-dealkylation sites (N-methyl/N-ethyl adjacent to an activating group) is 1. The molecule has 0 aliphatic rings. The number of benzene rings is 2. The highest BCUT2D eigenvalue weighted by atomic mass is 79.9. The van der Waals surface area contributed by atoms with Gasteiger partial charge >= 0.3 is 0 Å². The van der Waals surface area contributed by atoms with Crippen molar-refractivity contribution in [1.82, 2.24) is 9.88 Å². The Bertz CT molecular complexity index is 973. The van der Waals surface area contributed by atoms with E-state index in [0.717, 1.165) is 40.1 Å². The predicted octanol–water partition coefficient (Wildman–Crippen LogP) is 4.82. The third-order valence-corrected chi connectivity index (χ3v) is 6.36. The molecule has 0 bridgehead atoms. The second kappa shape index (κ2) is 10.7. The number of hydrogen-bond donors (Lipinski definition) is 0. The summed E-state index contributed by atoms with van der Waals surface area (Å²) in [7, 11) is 1.61. The second-order valence-corrected chi connectivity index (χ2v) is 8.57. The molecule has 0 saturated carbocycles. The number of amides is 1. The summed E-state index contributed by atoms with van der Waals surface area (Å²) in [6.07, 6.45) is 0. The van der Waals surface area contributed by atoms with Gasteiger partial charge in [0.1, 0.15) is 11.5 Å². The highest BCUT2D eigenvalue weighted by molar-refractivity contribution is 9.10. The minimum absolute atomic E-state index is 0.0514. The van der Waals surface area contributed by atoms with Gasteiger partial charge in [-0.1, -0.05) is 41.1 Å². The van der Waals surface area contributed by atoms with Crippen molar-refractivity contribution in [1.29, 1.82) is 0 Å². The lowest BCUT2D eigenvalue weighted by atomic mass is 10.3. The van der Waals surface area contributed by atoms with Crippen LogP contribution in [0.2, 0.25) is 0 Å². The van der Waals surface area contributed by atoms with E-state index < -0.39 is 0 Å². The van der Waals surface area contributed by atoms with Gasteiger partial charge in [-0.3, -0.25) is 9.69 Å². The number of fused-ring (bicyclic) bond motifs is 1. The van der Waals surface area contributed by atoms with E-state index in [0.29, 0.717) is 17.4 Å². The van der Waals surface area contributed by atoms with Crippen LogP contribution in [0.3, 0.4) is 0 Å². The summed E-state index contributed by atoms with van der Waals surface area (Å²) >= 11 is 5.01. The Hall–Kier alpha value is -2.16. The maximum atomic E-state index is 13.1. The molecule has 2 aromatic carbocycles. The summed E-state index contributed by atoms with van der Waals surface area (Å²) in [5, 5.41) is 0.693. The maximum Gasteiger partial charge on any atom is 0.266 e. The molecule has 1 amide bonds. The standard InChI is InChI=1S/C22H26BrN3O3S/c1-4-25(5-2)12-13-26(22-24-19-11-6-16(23)14-20(19)30-22)21(27)15-29-18-9-7-17(28-3)8-10-18/h6-11,14H,4-5,12-13,15H2,1-3H3. The van der Waals surface area contributed by atoms with E-state index in [2.05, 4.69) is 34.7 Å². The Kier molecular flexibility index (Phi) is 8.07. The largest absolute Gasteiger partial charge is 0.497 e. The number of rotatable bonds is 10. The molecule has 0 atom stereocenters. The van der Waals surface area contributed by atoms with Crippen LogP contribution in [-0.4, -0.2) is 55.7 Å². The van der Waals surface area contributed by atoms with Gasteiger partial charge in [0.15, 0.2) is 11.7 Å². The number of hydrogen-bond acceptors (Lipinski definition) is 6. The number of anilines is 1. The molecule has 0 aliphatic carbocycles. The van der Waals surface area contributed by atoms with E-state index in [1.165, 1.54) is 11.3 Å². The van der Waals surface area contributed by atoms with Crippen LogP contribution < -0.4 is 14.4 Å². The van der Waals surface area contributed by atoms with Crippen molar-refractivity contribution in [3.05, 3.63) is 46.9 Å². The molecule has 0 saturated heterocycles. The number of nitrogens with zero attached hydrogens (tertiary/aromatic N) is 3. The first-order valence-corrected chi connectivity index (χ1v) is 11.5. The Balaban J connectivity index is 1.77. The molecule has 0 fully saturated rings. The number of ether oxygens (including phenoxy) is 2. The molecule has 30 heavy (non-hydrogen) atoms. The van der Waals surface area contributed by atoms with E-state index in [1.807, 2.05) is 30.3 Å². The van der Waals surface area contributed by atoms with Crippen LogP contribution in [0.5, 0.6) is 11.5 Å². The van der Waals surface area contributed by atoms with Crippen molar-refractivity contribution in [3.8, 4) is 11.5 Å². The average Bonchev–Trinajstić information content (AvgIpc) is 3.18. The fourth-order valence-electron chi connectivity index (χ4n) is 3.00. The number of halogens is 1. The van der Waals surface area contributed by atoms with Gasteiger partial charge in [-0.05, 0) is 55.6 Å². The molecule has 160 valence electrons. The van der Waals surface area contributed by atoms with Crippen molar-refractivity contribution in [3.63, 3.8) is 0 Å². The van der Waals surface area contributed by atoms with Crippen LogP contribution in [0.4, 0.5) is 5.13 Å². The molecule has 3 rings (SSSR count). The molecule has 0 spiro atoms. The Morgan fingerprint density at radius 1 is 1.07 bits per heavy atom. The summed E-state index contributed by atoms with van der Waals surface area (Å²) in [6.45, 7) is 7.41. The van der Waals surface area contributed by atoms with Crippen LogP contribution in [0, 0.1) is 0 Å². The quantitative estimate of drug-likeness (QED) is 0.406. The van der Waals surface area contributed by atoms with Crippen LogP contribution in [0.1, 0.15) is 13.8 Å². The van der Waals surface area contributed by atoms with Crippen molar-refractivity contribution in [2.75, 3.05) is 44.8 Å². The number of methoxy groups -OCH3 is 1. The van der Waals surface area contributed by atoms with Crippen LogP contribution in [0.25, 0.3) is 10.2 Å². The third kappa shape index (κ3) is 5.71. The number of thiazole rings is 1. The van der Waals surface area contributed by atoms with Crippen molar-refractivity contribution in [2.24, 2.45) is 0 Å². The van der Waals surface area contributed by atoms with E-state index >= 15 is 0 Å². The van der Waals surface area contributed by atoms with Crippen molar-refractivity contribution in [2.45, 2.75) is 13.8 Å². The zero-order valence-corrected chi connectivity index (χ0v) is 19.8. The fourth-order valence-corrected chi connectivity index (χ4v) is 4.57. The minimum atomic E-state index is -0.115. The molecule has 0 aliphatic heterocycles. The average molecular weight is 492 g/mol. The lowest BCUT2D eigenvalue weighted by Gasteiger charge is -2.24. The number of carbonyl (C=O) groups is 1. The smallest absolute Gasteiger partial charge is 0.266 e. The highest BCUT2D eigenvalue weighted by Crippen LogP contribution is 2.31. The second-order valence-electron chi connectivity index (χ2n) is 6.64. The lowest BCUT2D eigenvalue weighted by Crippen LogP contribution is -2.41. The van der Waals surface area contributed by atoms with Crippen LogP contribution >= 0.6 is 27.3 Å². The SMILES string of the molecule is CCN(CC)CCN(C(=O)COc1ccc(OC)cc1)c1nc2ccc(Br)cc2s1. The van der Waals surface area contributed by atoms with E-state index in [-0.39, 0.29) is 12.5 Å². The summed E-state index contributed by atoms with van der Waals surface area (Å²) in [4.78, 5) is 21.8. The normalized spacial score (nSPS) is 11.1. The first-order chi connectivity index (χ1) is 14.5. The predicted molar refractivity (Wildman–Crippen MR) is 126 cm³/mol. The topological polar surface area (TPSA) is 54.9 Å². The summed E-state index contributed by atoms with van der Waals surface area (Å²) in [6, 6.07) is 13.1. The minimum Gasteiger partial charge on any atom is -0.497 e. The molecule has 8 heteroatoms. The molecule has 1 heterocycles. The maximum absolute atomic E-state index is 13.1. The van der Waals surface area contributed by atoms with Gasteiger partial charge < -0.3 is 14.4 Å². The molecular formula is C22H26BrN3O3S. The number of aromatic nitrogens is 1. The monoisotopic (exact) mass is 491 g/mol. The Labute approximate surface area is 189 Å². The van der Waals surface area contributed by atoms with Crippen molar-refractivity contribution < 1.29 is 14.3 Å². The first kappa shape index (κ1) is 22.5.